The predicted octanol–water partition coefficient (Wildman–Crippen LogP) is 1.99. The largest absolute Gasteiger partial charge is 0.342 e. The van der Waals surface area contributed by atoms with E-state index < -0.39 is 4.92 Å². The Kier molecular flexibility index (Phi) is 4.06. The number of nitrogens with zero attached hydrogens (tertiary/aromatic N) is 2. The van der Waals surface area contributed by atoms with Crippen LogP contribution in [0.15, 0.2) is 18.2 Å². The van der Waals surface area contributed by atoms with Gasteiger partial charge in [-0.05, 0) is 30.2 Å². The molecule has 1 aromatic carbocycles. The molecule has 1 heterocycles. The quantitative estimate of drug-likeness (QED) is 0.680. The molecular weight excluding hydrogens is 306 g/mol. The highest BCUT2D eigenvalue weighted by Crippen LogP contribution is 2.37. The number of hydrogen-bond acceptors (Lipinski definition) is 4. The molecule has 1 saturated heterocycles. The van der Waals surface area contributed by atoms with Crippen LogP contribution in [0, 0.1) is 22.0 Å². The van der Waals surface area contributed by atoms with Crippen LogP contribution in [0.25, 0.3) is 0 Å². The molecule has 3 rings (SSSR count). The van der Waals surface area contributed by atoms with E-state index >= 15 is 0 Å². The van der Waals surface area contributed by atoms with Crippen LogP contribution in [0.3, 0.4) is 0 Å². The van der Waals surface area contributed by atoms with Crippen LogP contribution in [0.2, 0.25) is 5.02 Å². The molecule has 6 nitrogen and oxygen atoms in total. The maximum atomic E-state index is 12.4. The SMILES string of the molecule is NC1CCC2CN(C(=O)Cc3ccc([N+](=O)[O-])cc3Cl)CC12. The van der Waals surface area contributed by atoms with Crippen molar-refractivity contribution in [2.75, 3.05) is 13.1 Å². The average Bonchev–Trinajstić information content (AvgIpc) is 3.03. The molecule has 3 atom stereocenters. The number of carbonyl (C=O) groups is 1. The molecule has 1 aliphatic carbocycles. The molecule has 7 heteroatoms. The lowest BCUT2D eigenvalue weighted by Gasteiger charge is -2.19. The molecule has 0 bridgehead atoms. The predicted molar refractivity (Wildman–Crippen MR) is 82.6 cm³/mol. The molecule has 2 N–H and O–H groups in total. The lowest BCUT2D eigenvalue weighted by Crippen LogP contribution is -2.34. The summed E-state index contributed by atoms with van der Waals surface area (Å²) >= 11 is 6.05. The first-order valence-electron chi connectivity index (χ1n) is 7.42. The smallest absolute Gasteiger partial charge is 0.270 e. The van der Waals surface area contributed by atoms with Crippen molar-refractivity contribution >= 4 is 23.2 Å². The maximum absolute atomic E-state index is 12.4. The number of carbonyl (C=O) groups excluding carboxylic acids is 1. The Morgan fingerprint density at radius 1 is 1.41 bits per heavy atom. The van der Waals surface area contributed by atoms with Crippen molar-refractivity contribution in [1.82, 2.24) is 4.90 Å². The number of nitrogens with two attached hydrogens (primary N) is 1. The molecular formula is C15H18ClN3O3. The second-order valence-corrected chi connectivity index (χ2v) is 6.58. The van der Waals surface area contributed by atoms with Crippen LogP contribution >= 0.6 is 11.6 Å². The fraction of sp³-hybridized carbons (Fsp3) is 0.533. The van der Waals surface area contributed by atoms with Crippen LogP contribution in [0.4, 0.5) is 5.69 Å². The van der Waals surface area contributed by atoms with Gasteiger partial charge >= 0.3 is 0 Å². The van der Waals surface area contributed by atoms with Crippen molar-refractivity contribution in [3.63, 3.8) is 0 Å². The van der Waals surface area contributed by atoms with E-state index in [-0.39, 0.29) is 29.1 Å². The second kappa shape index (κ2) is 5.85. The van der Waals surface area contributed by atoms with Gasteiger partial charge in [0.25, 0.3) is 5.69 Å². The monoisotopic (exact) mass is 323 g/mol. The summed E-state index contributed by atoms with van der Waals surface area (Å²) < 4.78 is 0. The number of hydrogen-bond donors (Lipinski definition) is 1. The molecule has 22 heavy (non-hydrogen) atoms. The fourth-order valence-electron chi connectivity index (χ4n) is 3.58. The van der Waals surface area contributed by atoms with E-state index in [0.29, 0.717) is 17.4 Å². The highest BCUT2D eigenvalue weighted by Gasteiger charge is 2.42. The fourth-order valence-corrected chi connectivity index (χ4v) is 3.82. The zero-order valence-corrected chi connectivity index (χ0v) is 12.8. The third kappa shape index (κ3) is 2.80. The molecule has 0 aromatic heterocycles. The van der Waals surface area contributed by atoms with Crippen molar-refractivity contribution in [3.8, 4) is 0 Å². The maximum Gasteiger partial charge on any atom is 0.270 e. The molecule has 1 saturated carbocycles. The van der Waals surface area contributed by atoms with E-state index in [2.05, 4.69) is 0 Å². The van der Waals surface area contributed by atoms with Crippen LogP contribution in [0.5, 0.6) is 0 Å². The number of amides is 1. The number of fused-ring (bicyclic) bond motifs is 1. The van der Waals surface area contributed by atoms with Gasteiger partial charge in [0, 0.05) is 31.3 Å². The van der Waals surface area contributed by atoms with E-state index in [1.54, 1.807) is 6.07 Å². The normalized spacial score (nSPS) is 27.0. The zero-order valence-electron chi connectivity index (χ0n) is 12.1. The van der Waals surface area contributed by atoms with Crippen molar-refractivity contribution in [2.24, 2.45) is 17.6 Å². The van der Waals surface area contributed by atoms with E-state index in [1.165, 1.54) is 12.1 Å². The zero-order chi connectivity index (χ0) is 15.9. The van der Waals surface area contributed by atoms with Gasteiger partial charge in [-0.15, -0.1) is 0 Å². The van der Waals surface area contributed by atoms with Gasteiger partial charge in [-0.2, -0.15) is 0 Å². The number of nitro groups is 1. The summed E-state index contributed by atoms with van der Waals surface area (Å²) in [5.74, 6) is 0.944. The molecule has 118 valence electrons. The standard InChI is InChI=1S/C15H18ClN3O3/c16-13-6-11(19(21)22)3-1-9(13)5-15(20)18-7-10-2-4-14(17)12(10)8-18/h1,3,6,10,12,14H,2,4-5,7-8,17H2. The highest BCUT2D eigenvalue weighted by molar-refractivity contribution is 6.31. The van der Waals surface area contributed by atoms with Gasteiger partial charge in [0.05, 0.1) is 16.4 Å². The minimum Gasteiger partial charge on any atom is -0.342 e. The van der Waals surface area contributed by atoms with Crippen LogP contribution in [-0.2, 0) is 11.2 Å². The van der Waals surface area contributed by atoms with Gasteiger partial charge in [-0.1, -0.05) is 17.7 Å². The lowest BCUT2D eigenvalue weighted by atomic mass is 9.98. The van der Waals surface area contributed by atoms with Gasteiger partial charge in [0.1, 0.15) is 0 Å². The van der Waals surface area contributed by atoms with Crippen LogP contribution < -0.4 is 5.73 Å². The minimum atomic E-state index is -0.499. The number of nitro benzene ring substituents is 1. The molecule has 0 radical (unpaired) electrons. The Hall–Kier alpha value is -1.66. The highest BCUT2D eigenvalue weighted by atomic mass is 35.5. The number of non-ortho nitro benzene ring substituents is 1. The molecule has 0 spiro atoms. The molecule has 2 aliphatic rings. The first kappa shape index (κ1) is 15.2. The van der Waals surface area contributed by atoms with Crippen LogP contribution in [-0.4, -0.2) is 34.9 Å². The van der Waals surface area contributed by atoms with Crippen molar-refractivity contribution < 1.29 is 9.72 Å². The Morgan fingerprint density at radius 2 is 2.18 bits per heavy atom. The van der Waals surface area contributed by atoms with E-state index in [0.717, 1.165) is 25.9 Å². The molecule has 2 fully saturated rings. The van der Waals surface area contributed by atoms with Crippen molar-refractivity contribution in [3.05, 3.63) is 38.9 Å². The summed E-state index contributed by atoms with van der Waals surface area (Å²) in [6.07, 6.45) is 2.31. The number of halogens is 1. The Bertz CT molecular complexity index is 622. The van der Waals surface area contributed by atoms with Crippen molar-refractivity contribution in [1.29, 1.82) is 0 Å². The Balaban J connectivity index is 1.66. The van der Waals surface area contributed by atoms with Crippen LogP contribution in [0.1, 0.15) is 18.4 Å². The van der Waals surface area contributed by atoms with Gasteiger partial charge in [-0.25, -0.2) is 0 Å². The van der Waals surface area contributed by atoms with E-state index in [9.17, 15) is 14.9 Å². The summed E-state index contributed by atoms with van der Waals surface area (Å²) in [5, 5.41) is 11.0. The van der Waals surface area contributed by atoms with Gasteiger partial charge < -0.3 is 10.6 Å². The minimum absolute atomic E-state index is 0.0114. The molecule has 1 aromatic rings. The first-order chi connectivity index (χ1) is 10.5. The van der Waals surface area contributed by atoms with Gasteiger partial charge in [-0.3, -0.25) is 14.9 Å². The van der Waals surface area contributed by atoms with E-state index in [4.69, 9.17) is 17.3 Å². The van der Waals surface area contributed by atoms with Crippen molar-refractivity contribution in [2.45, 2.75) is 25.3 Å². The Morgan fingerprint density at radius 3 is 2.82 bits per heavy atom. The summed E-state index contributed by atoms with van der Waals surface area (Å²) in [7, 11) is 0. The lowest BCUT2D eigenvalue weighted by molar-refractivity contribution is -0.384. The second-order valence-electron chi connectivity index (χ2n) is 6.17. The summed E-state index contributed by atoms with van der Waals surface area (Å²) in [5.41, 5.74) is 6.64. The average molecular weight is 324 g/mol. The summed E-state index contributed by atoms with van der Waals surface area (Å²) in [6.45, 7) is 1.48. The number of likely N-dealkylation sites (tertiary alicyclic amines) is 1. The number of rotatable bonds is 3. The summed E-state index contributed by atoms with van der Waals surface area (Å²) in [6, 6.07) is 4.42. The topological polar surface area (TPSA) is 89.5 Å². The molecule has 1 amide bonds. The summed E-state index contributed by atoms with van der Waals surface area (Å²) in [4.78, 5) is 24.5. The third-order valence-electron chi connectivity index (χ3n) is 4.85. The molecule has 1 aliphatic heterocycles. The molecule has 3 unspecified atom stereocenters. The van der Waals surface area contributed by atoms with Gasteiger partial charge in [0.15, 0.2) is 0 Å². The number of benzene rings is 1. The third-order valence-corrected chi connectivity index (χ3v) is 5.21. The Labute approximate surface area is 133 Å². The van der Waals surface area contributed by atoms with E-state index in [1.807, 2.05) is 4.90 Å². The first-order valence-corrected chi connectivity index (χ1v) is 7.79. The van der Waals surface area contributed by atoms with Gasteiger partial charge in [0.2, 0.25) is 5.91 Å².